The summed E-state index contributed by atoms with van der Waals surface area (Å²) in [5.74, 6) is 0. The summed E-state index contributed by atoms with van der Waals surface area (Å²) in [6.07, 6.45) is 5.54. The highest BCUT2D eigenvalue weighted by atomic mass is 32.1. The lowest BCUT2D eigenvalue weighted by molar-refractivity contribution is 0.101. The van der Waals surface area contributed by atoms with Crippen LogP contribution >= 0.6 is 11.3 Å². The number of likely N-dealkylation sites (N-methyl/N-ethyl adjacent to an activating group) is 2. The predicted octanol–water partition coefficient (Wildman–Crippen LogP) is 1.69. The largest absolute Gasteiger partial charge is 0.314 e. The Hall–Kier alpha value is -0.490. The maximum Gasteiger partial charge on any atom is 0.0794 e. The van der Waals surface area contributed by atoms with E-state index in [0.29, 0.717) is 12.1 Å². The van der Waals surface area contributed by atoms with Gasteiger partial charge in [-0.05, 0) is 39.9 Å². The van der Waals surface area contributed by atoms with Crippen molar-refractivity contribution >= 4 is 11.3 Å². The first-order valence-corrected chi connectivity index (χ1v) is 8.56. The molecule has 2 atom stereocenters. The molecule has 1 saturated heterocycles. The molecular weight excluding hydrogens is 268 g/mol. The summed E-state index contributed by atoms with van der Waals surface area (Å²) in [5.41, 5.74) is 1.94. The zero-order valence-corrected chi connectivity index (χ0v) is 13.8. The number of nitrogens with one attached hydrogen (secondary N) is 1. The Morgan fingerprint density at radius 2 is 2.30 bits per heavy atom. The summed E-state index contributed by atoms with van der Waals surface area (Å²) in [6.45, 7) is 6.90. The van der Waals surface area contributed by atoms with Gasteiger partial charge in [0.15, 0.2) is 0 Å². The van der Waals surface area contributed by atoms with Crippen LogP contribution in [0.1, 0.15) is 24.6 Å². The molecule has 4 nitrogen and oxygen atoms in total. The third-order valence-corrected chi connectivity index (χ3v) is 4.95. The van der Waals surface area contributed by atoms with Crippen LogP contribution in [-0.4, -0.2) is 67.1 Å². The van der Waals surface area contributed by atoms with Crippen molar-refractivity contribution in [2.24, 2.45) is 0 Å². The normalized spacial score (nSPS) is 23.1. The lowest BCUT2D eigenvalue weighted by atomic mass is 10.0. The topological polar surface area (TPSA) is 31.4 Å². The second-order valence-corrected chi connectivity index (χ2v) is 6.93. The number of thiazole rings is 1. The van der Waals surface area contributed by atoms with Crippen LogP contribution in [0.3, 0.4) is 0 Å². The van der Waals surface area contributed by atoms with Gasteiger partial charge in [0.1, 0.15) is 0 Å². The van der Waals surface area contributed by atoms with Gasteiger partial charge in [-0.2, -0.15) is 0 Å². The van der Waals surface area contributed by atoms with Crippen LogP contribution in [-0.2, 0) is 6.42 Å². The lowest BCUT2D eigenvalue weighted by Gasteiger charge is -2.39. The molecule has 1 aliphatic heterocycles. The van der Waals surface area contributed by atoms with Crippen molar-refractivity contribution < 1.29 is 0 Å². The maximum absolute atomic E-state index is 4.20. The van der Waals surface area contributed by atoms with Gasteiger partial charge in [0, 0.05) is 42.8 Å². The highest BCUT2D eigenvalue weighted by molar-refractivity contribution is 7.09. The lowest BCUT2D eigenvalue weighted by Crippen LogP contribution is -2.52. The van der Waals surface area contributed by atoms with Crippen molar-refractivity contribution in [3.8, 4) is 0 Å². The molecule has 1 N–H and O–H groups in total. The van der Waals surface area contributed by atoms with Crippen molar-refractivity contribution in [1.29, 1.82) is 0 Å². The molecule has 2 unspecified atom stereocenters. The fourth-order valence-corrected chi connectivity index (χ4v) is 3.53. The summed E-state index contributed by atoms with van der Waals surface area (Å²) in [7, 11) is 4.50. The van der Waals surface area contributed by atoms with Crippen molar-refractivity contribution in [2.45, 2.75) is 38.3 Å². The Bertz CT molecular complexity index is 368. The minimum Gasteiger partial charge on any atom is -0.314 e. The molecule has 2 heterocycles. The minimum absolute atomic E-state index is 0.564. The highest BCUT2D eigenvalue weighted by Crippen LogP contribution is 2.16. The van der Waals surface area contributed by atoms with Gasteiger partial charge in [-0.25, -0.2) is 0 Å². The van der Waals surface area contributed by atoms with E-state index in [-0.39, 0.29) is 0 Å². The summed E-state index contributed by atoms with van der Waals surface area (Å²) >= 11 is 1.77. The van der Waals surface area contributed by atoms with E-state index < -0.39 is 0 Å². The third kappa shape index (κ3) is 4.81. The van der Waals surface area contributed by atoms with E-state index in [9.17, 15) is 0 Å². The zero-order valence-electron chi connectivity index (χ0n) is 13.0. The van der Waals surface area contributed by atoms with Gasteiger partial charge in [0.05, 0.1) is 5.51 Å². The molecule has 0 aromatic carbocycles. The highest BCUT2D eigenvalue weighted by Gasteiger charge is 2.25. The number of hydrogen-bond acceptors (Lipinski definition) is 5. The molecule has 0 saturated carbocycles. The summed E-state index contributed by atoms with van der Waals surface area (Å²) < 4.78 is 0. The summed E-state index contributed by atoms with van der Waals surface area (Å²) in [5, 5.41) is 3.72. The molecule has 0 amide bonds. The quantitative estimate of drug-likeness (QED) is 0.830. The molecule has 5 heteroatoms. The monoisotopic (exact) mass is 296 g/mol. The maximum atomic E-state index is 4.20. The van der Waals surface area contributed by atoms with Crippen LogP contribution in [0.5, 0.6) is 0 Å². The fraction of sp³-hybridized carbons (Fsp3) is 0.800. The number of hydrogen-bond donors (Lipinski definition) is 1. The molecule has 114 valence electrons. The van der Waals surface area contributed by atoms with Crippen molar-refractivity contribution in [3.05, 3.63) is 16.6 Å². The van der Waals surface area contributed by atoms with Crippen LogP contribution in [0.15, 0.2) is 11.7 Å². The van der Waals surface area contributed by atoms with Gasteiger partial charge in [-0.15, -0.1) is 11.3 Å². The van der Waals surface area contributed by atoms with Crippen LogP contribution in [0.2, 0.25) is 0 Å². The first kappa shape index (κ1) is 15.9. The average Bonchev–Trinajstić information content (AvgIpc) is 2.93. The van der Waals surface area contributed by atoms with E-state index in [4.69, 9.17) is 0 Å². The van der Waals surface area contributed by atoms with Gasteiger partial charge < -0.3 is 15.1 Å². The van der Waals surface area contributed by atoms with Crippen molar-refractivity contribution in [2.75, 3.05) is 40.3 Å². The van der Waals surface area contributed by atoms with Crippen LogP contribution in [0.25, 0.3) is 0 Å². The van der Waals surface area contributed by atoms with Crippen molar-refractivity contribution in [1.82, 2.24) is 20.1 Å². The third-order valence-electron chi connectivity index (χ3n) is 4.15. The molecule has 1 fully saturated rings. The van der Waals surface area contributed by atoms with E-state index in [1.165, 1.54) is 37.4 Å². The predicted molar refractivity (Wildman–Crippen MR) is 86.4 cm³/mol. The molecule has 1 aliphatic rings. The van der Waals surface area contributed by atoms with Gasteiger partial charge in [0.2, 0.25) is 0 Å². The second kappa shape index (κ2) is 8.08. The van der Waals surface area contributed by atoms with Gasteiger partial charge in [-0.3, -0.25) is 4.98 Å². The first-order valence-electron chi connectivity index (χ1n) is 7.68. The standard InChI is InChI=1S/C15H28N4S/c1-4-5-17-13(9-15-10-16-12-20-15)8-14-11-18(2)6-7-19(14)3/h10,12-14,17H,4-9,11H2,1-3H3. The first-order chi connectivity index (χ1) is 9.69. The Labute approximate surface area is 127 Å². The molecule has 0 spiro atoms. The van der Waals surface area contributed by atoms with E-state index in [1.54, 1.807) is 11.3 Å². The Morgan fingerprint density at radius 3 is 3.00 bits per heavy atom. The summed E-state index contributed by atoms with van der Waals surface area (Å²) in [6, 6.07) is 1.23. The molecule has 0 radical (unpaired) electrons. The number of rotatable bonds is 7. The SMILES string of the molecule is CCCNC(Cc1cncs1)CC1CN(C)CCN1C. The Balaban J connectivity index is 1.91. The zero-order chi connectivity index (χ0) is 14.4. The second-order valence-electron chi connectivity index (χ2n) is 5.96. The molecule has 20 heavy (non-hydrogen) atoms. The Morgan fingerprint density at radius 1 is 1.45 bits per heavy atom. The average molecular weight is 296 g/mol. The molecule has 2 rings (SSSR count). The minimum atomic E-state index is 0.564. The molecular formula is C15H28N4S. The number of nitrogens with zero attached hydrogens (tertiary/aromatic N) is 3. The molecule has 1 aromatic rings. The number of aromatic nitrogens is 1. The van der Waals surface area contributed by atoms with Gasteiger partial charge in [-0.1, -0.05) is 6.92 Å². The van der Waals surface area contributed by atoms with E-state index >= 15 is 0 Å². The molecule has 0 aliphatic carbocycles. The fourth-order valence-electron chi connectivity index (χ4n) is 2.86. The summed E-state index contributed by atoms with van der Waals surface area (Å²) in [4.78, 5) is 10.6. The number of piperazine rings is 1. The smallest absolute Gasteiger partial charge is 0.0794 e. The van der Waals surface area contributed by atoms with Gasteiger partial charge in [0.25, 0.3) is 0 Å². The Kier molecular flexibility index (Phi) is 6.42. The van der Waals surface area contributed by atoms with Gasteiger partial charge >= 0.3 is 0 Å². The van der Waals surface area contributed by atoms with Crippen molar-refractivity contribution in [3.63, 3.8) is 0 Å². The van der Waals surface area contributed by atoms with E-state index in [0.717, 1.165) is 13.0 Å². The van der Waals surface area contributed by atoms with E-state index in [1.807, 2.05) is 11.7 Å². The van der Waals surface area contributed by atoms with E-state index in [2.05, 4.69) is 41.1 Å². The molecule has 1 aromatic heterocycles. The molecule has 0 bridgehead atoms. The van der Waals surface area contributed by atoms with Crippen LogP contribution in [0.4, 0.5) is 0 Å². The van der Waals surface area contributed by atoms with Crippen LogP contribution < -0.4 is 5.32 Å². The van der Waals surface area contributed by atoms with Crippen LogP contribution in [0, 0.1) is 0 Å².